The second-order valence-corrected chi connectivity index (χ2v) is 4.67. The number of amides is 1. The Kier molecular flexibility index (Phi) is 4.34. The third kappa shape index (κ3) is 3.84. The molecule has 1 aliphatic rings. The van der Waals surface area contributed by atoms with Crippen molar-refractivity contribution in [2.45, 2.75) is 6.42 Å². The van der Waals surface area contributed by atoms with Gasteiger partial charge in [0.1, 0.15) is 0 Å². The highest BCUT2D eigenvalue weighted by atomic mass is 32.2. The molecule has 0 aromatic carbocycles. The molecular formula is C7H14N2O3S. The highest BCUT2D eigenvalue weighted by Crippen LogP contribution is 2.00. The maximum absolute atomic E-state index is 11.0. The van der Waals surface area contributed by atoms with Gasteiger partial charge in [-0.2, -0.15) is 0 Å². The van der Waals surface area contributed by atoms with Crippen molar-refractivity contribution in [2.24, 2.45) is 0 Å². The first kappa shape index (κ1) is 10.6. The van der Waals surface area contributed by atoms with Gasteiger partial charge in [0.25, 0.3) is 0 Å². The van der Waals surface area contributed by atoms with Crippen molar-refractivity contribution >= 4 is 16.7 Å². The molecule has 0 radical (unpaired) electrons. The molecular weight excluding hydrogens is 192 g/mol. The normalized spacial score (nSPS) is 20.1. The molecule has 1 heterocycles. The fraction of sp³-hybridized carbons (Fsp3) is 0.857. The van der Waals surface area contributed by atoms with Gasteiger partial charge in [-0.3, -0.25) is 14.2 Å². The zero-order chi connectivity index (χ0) is 9.68. The van der Waals surface area contributed by atoms with Crippen molar-refractivity contribution in [2.75, 3.05) is 31.1 Å². The van der Waals surface area contributed by atoms with E-state index in [0.717, 1.165) is 13.1 Å². The standard InChI is InChI=1S/C7H14N2O3S/c10-7(8-11)1-2-9-3-5-13(12)6-4-9/h11H,1-6H2,(H,8,10). The first-order chi connectivity index (χ1) is 6.22. The van der Waals surface area contributed by atoms with E-state index in [1.54, 1.807) is 5.48 Å². The molecule has 0 aliphatic carbocycles. The largest absolute Gasteiger partial charge is 0.301 e. The first-order valence-corrected chi connectivity index (χ1v) is 5.71. The second-order valence-electron chi connectivity index (χ2n) is 2.97. The SMILES string of the molecule is O=C(CCN1CCS(=O)CC1)NO. The molecule has 1 rings (SSSR count). The number of nitrogens with zero attached hydrogens (tertiary/aromatic N) is 1. The molecule has 0 bridgehead atoms. The van der Waals surface area contributed by atoms with Crippen LogP contribution in [0.25, 0.3) is 0 Å². The lowest BCUT2D eigenvalue weighted by molar-refractivity contribution is -0.129. The van der Waals surface area contributed by atoms with Crippen LogP contribution in [0.4, 0.5) is 0 Å². The van der Waals surface area contributed by atoms with Crippen LogP contribution >= 0.6 is 0 Å². The van der Waals surface area contributed by atoms with Gasteiger partial charge in [0.15, 0.2) is 0 Å². The van der Waals surface area contributed by atoms with Crippen LogP contribution in [0.3, 0.4) is 0 Å². The topological polar surface area (TPSA) is 69.6 Å². The van der Waals surface area contributed by atoms with E-state index in [-0.39, 0.29) is 5.91 Å². The molecule has 13 heavy (non-hydrogen) atoms. The van der Waals surface area contributed by atoms with Crippen LogP contribution in [0.2, 0.25) is 0 Å². The van der Waals surface area contributed by atoms with Gasteiger partial charge in [0.2, 0.25) is 5.91 Å². The highest BCUT2D eigenvalue weighted by Gasteiger charge is 2.15. The van der Waals surface area contributed by atoms with Crippen LogP contribution in [0, 0.1) is 0 Å². The summed E-state index contributed by atoms with van der Waals surface area (Å²) in [6.45, 7) is 2.19. The van der Waals surface area contributed by atoms with E-state index >= 15 is 0 Å². The van der Waals surface area contributed by atoms with E-state index in [1.807, 2.05) is 0 Å². The fourth-order valence-electron chi connectivity index (χ4n) is 1.21. The lowest BCUT2D eigenvalue weighted by atomic mass is 10.3. The summed E-state index contributed by atoms with van der Waals surface area (Å²) in [5.74, 6) is 1.02. The van der Waals surface area contributed by atoms with Gasteiger partial charge in [-0.15, -0.1) is 0 Å². The van der Waals surface area contributed by atoms with Crippen molar-refractivity contribution in [1.29, 1.82) is 0 Å². The first-order valence-electron chi connectivity index (χ1n) is 4.22. The Bertz CT molecular complexity index is 200. The minimum atomic E-state index is -0.669. The fourth-order valence-corrected chi connectivity index (χ4v) is 2.34. The number of hydrogen-bond acceptors (Lipinski definition) is 4. The van der Waals surface area contributed by atoms with Crippen molar-refractivity contribution in [1.82, 2.24) is 10.4 Å². The second kappa shape index (κ2) is 5.31. The van der Waals surface area contributed by atoms with Gasteiger partial charge in [0, 0.05) is 48.4 Å². The van der Waals surface area contributed by atoms with Gasteiger partial charge in [0.05, 0.1) is 0 Å². The number of hydroxylamine groups is 1. The number of rotatable bonds is 3. The van der Waals surface area contributed by atoms with E-state index in [1.165, 1.54) is 0 Å². The third-order valence-electron chi connectivity index (χ3n) is 2.05. The van der Waals surface area contributed by atoms with E-state index in [4.69, 9.17) is 5.21 Å². The lowest BCUT2D eigenvalue weighted by Crippen LogP contribution is -2.39. The summed E-state index contributed by atoms with van der Waals surface area (Å²) in [5, 5.41) is 8.24. The predicted octanol–water partition coefficient (Wildman–Crippen LogP) is -1.05. The molecule has 0 saturated carbocycles. The van der Waals surface area contributed by atoms with Gasteiger partial charge < -0.3 is 4.90 Å². The molecule has 0 aromatic heterocycles. The summed E-state index contributed by atoms with van der Waals surface area (Å²) in [4.78, 5) is 12.8. The van der Waals surface area contributed by atoms with E-state index in [9.17, 15) is 9.00 Å². The molecule has 2 N–H and O–H groups in total. The van der Waals surface area contributed by atoms with E-state index in [0.29, 0.717) is 24.5 Å². The molecule has 0 unspecified atom stereocenters. The molecule has 6 heteroatoms. The molecule has 76 valence electrons. The molecule has 0 spiro atoms. The monoisotopic (exact) mass is 206 g/mol. The minimum absolute atomic E-state index is 0.295. The maximum atomic E-state index is 11.0. The summed E-state index contributed by atoms with van der Waals surface area (Å²) in [6, 6.07) is 0. The van der Waals surface area contributed by atoms with E-state index in [2.05, 4.69) is 4.90 Å². The molecule has 0 aromatic rings. The van der Waals surface area contributed by atoms with Crippen LogP contribution in [0.1, 0.15) is 6.42 Å². The van der Waals surface area contributed by atoms with Crippen LogP contribution in [-0.2, 0) is 15.6 Å². The summed E-state index contributed by atoms with van der Waals surface area (Å²) in [6.07, 6.45) is 0.295. The number of carbonyl (C=O) groups is 1. The Labute approximate surface area is 79.5 Å². The van der Waals surface area contributed by atoms with Crippen molar-refractivity contribution < 1.29 is 14.2 Å². The summed E-state index contributed by atoms with van der Waals surface area (Å²) in [7, 11) is -0.669. The smallest absolute Gasteiger partial charge is 0.244 e. The van der Waals surface area contributed by atoms with Crippen LogP contribution < -0.4 is 5.48 Å². The summed E-state index contributed by atoms with van der Waals surface area (Å²) in [5.41, 5.74) is 1.59. The average Bonchev–Trinajstić information content (AvgIpc) is 2.16. The number of hydrogen-bond donors (Lipinski definition) is 2. The molecule has 1 amide bonds. The molecule has 1 saturated heterocycles. The zero-order valence-corrected chi connectivity index (χ0v) is 8.18. The van der Waals surface area contributed by atoms with Gasteiger partial charge in [-0.1, -0.05) is 0 Å². The maximum Gasteiger partial charge on any atom is 0.244 e. The molecule has 1 fully saturated rings. The van der Waals surface area contributed by atoms with Crippen LogP contribution in [-0.4, -0.2) is 51.4 Å². The Hall–Kier alpha value is -0.460. The van der Waals surface area contributed by atoms with Crippen molar-refractivity contribution in [3.8, 4) is 0 Å². The third-order valence-corrected chi connectivity index (χ3v) is 3.33. The Morgan fingerprint density at radius 2 is 2.08 bits per heavy atom. The summed E-state index contributed by atoms with van der Waals surface area (Å²) < 4.78 is 11.0. The average molecular weight is 206 g/mol. The van der Waals surface area contributed by atoms with Crippen LogP contribution in [0.5, 0.6) is 0 Å². The molecule has 1 aliphatic heterocycles. The molecule has 0 atom stereocenters. The van der Waals surface area contributed by atoms with Crippen LogP contribution in [0.15, 0.2) is 0 Å². The zero-order valence-electron chi connectivity index (χ0n) is 7.36. The van der Waals surface area contributed by atoms with Gasteiger partial charge >= 0.3 is 0 Å². The Balaban J connectivity index is 2.15. The minimum Gasteiger partial charge on any atom is -0.301 e. The quantitative estimate of drug-likeness (QED) is 0.456. The number of nitrogens with one attached hydrogen (secondary N) is 1. The van der Waals surface area contributed by atoms with Crippen molar-refractivity contribution in [3.63, 3.8) is 0 Å². The Morgan fingerprint density at radius 3 is 2.62 bits per heavy atom. The van der Waals surface area contributed by atoms with Gasteiger partial charge in [-0.05, 0) is 0 Å². The molecule has 5 nitrogen and oxygen atoms in total. The summed E-state index contributed by atoms with van der Waals surface area (Å²) >= 11 is 0. The van der Waals surface area contributed by atoms with E-state index < -0.39 is 10.8 Å². The lowest BCUT2D eigenvalue weighted by Gasteiger charge is -2.25. The predicted molar refractivity (Wildman–Crippen MR) is 48.9 cm³/mol. The Morgan fingerprint density at radius 1 is 1.46 bits per heavy atom. The van der Waals surface area contributed by atoms with Gasteiger partial charge in [-0.25, -0.2) is 5.48 Å². The highest BCUT2D eigenvalue weighted by molar-refractivity contribution is 7.85. The number of carbonyl (C=O) groups excluding carboxylic acids is 1. The van der Waals surface area contributed by atoms with Crippen molar-refractivity contribution in [3.05, 3.63) is 0 Å².